The number of aryl methyl sites for hydroxylation is 4. The fourth-order valence-electron chi connectivity index (χ4n) is 3.55. The van der Waals surface area contributed by atoms with Crippen molar-refractivity contribution in [2.24, 2.45) is 7.05 Å². The van der Waals surface area contributed by atoms with Gasteiger partial charge in [-0.2, -0.15) is 5.10 Å². The Morgan fingerprint density at radius 3 is 2.43 bits per heavy atom. The molecule has 1 atom stereocenters. The molecule has 28 heavy (non-hydrogen) atoms. The largest absolute Gasteiger partial charge is 0.345 e. The third-order valence-corrected chi connectivity index (χ3v) is 5.13. The van der Waals surface area contributed by atoms with E-state index in [-0.39, 0.29) is 11.9 Å². The molecule has 0 radical (unpaired) electrons. The van der Waals surface area contributed by atoms with Crippen LogP contribution in [-0.4, -0.2) is 25.7 Å². The second kappa shape index (κ2) is 7.92. The van der Waals surface area contributed by atoms with Crippen molar-refractivity contribution in [3.8, 4) is 11.3 Å². The maximum Gasteiger partial charge on any atom is 0.251 e. The second-order valence-corrected chi connectivity index (χ2v) is 7.13. The molecule has 0 saturated carbocycles. The Kier molecular flexibility index (Phi) is 5.58. The fraction of sp³-hybridized carbons (Fsp3) is 0.364. The van der Waals surface area contributed by atoms with Crippen molar-refractivity contribution in [2.75, 3.05) is 0 Å². The molecule has 1 N–H and O–H groups in total. The molecule has 2 heterocycles. The summed E-state index contributed by atoms with van der Waals surface area (Å²) in [4.78, 5) is 21.6. The van der Waals surface area contributed by atoms with Crippen LogP contribution >= 0.6 is 0 Å². The molecule has 146 valence electrons. The number of hydrogen-bond acceptors (Lipinski definition) is 4. The van der Waals surface area contributed by atoms with Crippen molar-refractivity contribution in [1.29, 1.82) is 0 Å². The van der Waals surface area contributed by atoms with E-state index in [9.17, 15) is 4.79 Å². The Morgan fingerprint density at radius 2 is 1.86 bits per heavy atom. The van der Waals surface area contributed by atoms with Gasteiger partial charge in [0.15, 0.2) is 0 Å². The highest BCUT2D eigenvalue weighted by Crippen LogP contribution is 2.24. The summed E-state index contributed by atoms with van der Waals surface area (Å²) in [5.74, 6) is 0.640. The van der Waals surface area contributed by atoms with Crippen molar-refractivity contribution >= 4 is 5.91 Å². The molecule has 1 amide bonds. The molecule has 0 bridgehead atoms. The van der Waals surface area contributed by atoms with Crippen LogP contribution in [0.3, 0.4) is 0 Å². The van der Waals surface area contributed by atoms with E-state index in [0.717, 1.165) is 46.0 Å². The second-order valence-electron chi connectivity index (χ2n) is 7.13. The van der Waals surface area contributed by atoms with Crippen LogP contribution in [0.4, 0.5) is 0 Å². The number of nitrogens with one attached hydrogen (secondary N) is 1. The van der Waals surface area contributed by atoms with Crippen LogP contribution in [0.25, 0.3) is 11.3 Å². The van der Waals surface area contributed by atoms with Crippen LogP contribution in [-0.2, 0) is 13.5 Å². The standard InChI is InChI=1S/C22H27N5O/c1-7-17-12-23-16(5)25-21(17)18-8-10-19(11-9-18)22(28)24-13(2)20-14(3)26-27(6)15(20)4/h8-13H,7H2,1-6H3,(H,24,28)/t13-/m0/s1. The maximum atomic E-state index is 12.7. The van der Waals surface area contributed by atoms with Crippen LogP contribution in [0.15, 0.2) is 30.5 Å². The molecule has 0 aliphatic rings. The topological polar surface area (TPSA) is 72.7 Å². The van der Waals surface area contributed by atoms with Gasteiger partial charge >= 0.3 is 0 Å². The van der Waals surface area contributed by atoms with E-state index in [1.807, 2.05) is 69.9 Å². The summed E-state index contributed by atoms with van der Waals surface area (Å²) >= 11 is 0. The minimum atomic E-state index is -0.114. The molecule has 6 heteroatoms. The van der Waals surface area contributed by atoms with Gasteiger partial charge in [-0.05, 0) is 51.8 Å². The summed E-state index contributed by atoms with van der Waals surface area (Å²) in [5, 5.41) is 7.51. The van der Waals surface area contributed by atoms with Crippen molar-refractivity contribution < 1.29 is 4.79 Å². The lowest BCUT2D eigenvalue weighted by molar-refractivity contribution is 0.0940. The van der Waals surface area contributed by atoms with Crippen LogP contribution in [0.5, 0.6) is 0 Å². The molecule has 3 aromatic rings. The molecule has 6 nitrogen and oxygen atoms in total. The Morgan fingerprint density at radius 1 is 1.18 bits per heavy atom. The third-order valence-electron chi connectivity index (χ3n) is 5.13. The van der Waals surface area contributed by atoms with E-state index < -0.39 is 0 Å². The number of carbonyl (C=O) groups is 1. The highest BCUT2D eigenvalue weighted by atomic mass is 16.1. The summed E-state index contributed by atoms with van der Waals surface area (Å²) < 4.78 is 1.84. The van der Waals surface area contributed by atoms with Crippen molar-refractivity contribution in [2.45, 2.75) is 47.1 Å². The summed E-state index contributed by atoms with van der Waals surface area (Å²) in [7, 11) is 1.92. The van der Waals surface area contributed by atoms with Gasteiger partial charge in [0.2, 0.25) is 0 Å². The number of aromatic nitrogens is 4. The van der Waals surface area contributed by atoms with Crippen LogP contribution in [0.1, 0.15) is 58.6 Å². The number of nitrogens with zero attached hydrogens (tertiary/aromatic N) is 4. The normalized spacial score (nSPS) is 12.1. The van der Waals surface area contributed by atoms with Gasteiger partial charge in [0.1, 0.15) is 5.82 Å². The zero-order chi connectivity index (χ0) is 20.4. The van der Waals surface area contributed by atoms with Crippen LogP contribution in [0.2, 0.25) is 0 Å². The first-order valence-corrected chi connectivity index (χ1v) is 9.55. The average Bonchev–Trinajstić information content (AvgIpc) is 2.93. The highest BCUT2D eigenvalue weighted by molar-refractivity contribution is 5.95. The van der Waals surface area contributed by atoms with Gasteiger partial charge in [-0.3, -0.25) is 9.48 Å². The van der Waals surface area contributed by atoms with Crippen molar-refractivity contribution in [1.82, 2.24) is 25.1 Å². The van der Waals surface area contributed by atoms with Gasteiger partial charge in [0, 0.05) is 35.6 Å². The lowest BCUT2D eigenvalue weighted by Crippen LogP contribution is -2.27. The van der Waals surface area contributed by atoms with Gasteiger partial charge in [0.05, 0.1) is 17.4 Å². The molecule has 3 rings (SSSR count). The summed E-state index contributed by atoms with van der Waals surface area (Å²) in [6, 6.07) is 7.47. The number of hydrogen-bond donors (Lipinski definition) is 1. The number of rotatable bonds is 5. The summed E-state index contributed by atoms with van der Waals surface area (Å²) in [6.07, 6.45) is 2.73. The molecule has 1 aromatic carbocycles. The van der Waals surface area contributed by atoms with E-state index in [1.54, 1.807) is 0 Å². The zero-order valence-electron chi connectivity index (χ0n) is 17.4. The molecule has 0 aliphatic heterocycles. The zero-order valence-corrected chi connectivity index (χ0v) is 17.4. The minimum absolute atomic E-state index is 0.101. The minimum Gasteiger partial charge on any atom is -0.345 e. The Bertz CT molecular complexity index is 1000. The molecule has 0 unspecified atom stereocenters. The SMILES string of the molecule is CCc1cnc(C)nc1-c1ccc(C(=O)N[C@@H](C)c2c(C)nn(C)c2C)cc1. The number of carbonyl (C=O) groups excluding carboxylic acids is 1. The molecule has 0 spiro atoms. The third kappa shape index (κ3) is 3.81. The summed E-state index contributed by atoms with van der Waals surface area (Å²) in [6.45, 7) is 9.94. The van der Waals surface area contributed by atoms with Crippen molar-refractivity contribution in [3.63, 3.8) is 0 Å². The lowest BCUT2D eigenvalue weighted by atomic mass is 10.0. The predicted molar refractivity (Wildman–Crippen MR) is 110 cm³/mol. The molecular formula is C22H27N5O. The van der Waals surface area contributed by atoms with E-state index in [2.05, 4.69) is 27.3 Å². The van der Waals surface area contributed by atoms with Gasteiger partial charge in [-0.1, -0.05) is 19.1 Å². The van der Waals surface area contributed by atoms with Crippen molar-refractivity contribution in [3.05, 3.63) is 64.4 Å². The first kappa shape index (κ1) is 19.7. The smallest absolute Gasteiger partial charge is 0.251 e. The fourth-order valence-corrected chi connectivity index (χ4v) is 3.55. The van der Waals surface area contributed by atoms with Gasteiger partial charge in [-0.25, -0.2) is 9.97 Å². The van der Waals surface area contributed by atoms with E-state index in [0.29, 0.717) is 5.56 Å². The summed E-state index contributed by atoms with van der Waals surface area (Å²) in [5.41, 5.74) is 6.71. The molecule has 0 fully saturated rings. The van der Waals surface area contributed by atoms with Gasteiger partial charge in [0.25, 0.3) is 5.91 Å². The van der Waals surface area contributed by atoms with Gasteiger partial charge < -0.3 is 5.32 Å². The van der Waals surface area contributed by atoms with E-state index in [1.165, 1.54) is 0 Å². The molecular weight excluding hydrogens is 350 g/mol. The Hall–Kier alpha value is -3.02. The first-order chi connectivity index (χ1) is 13.3. The van der Waals surface area contributed by atoms with Crippen LogP contribution in [0, 0.1) is 20.8 Å². The lowest BCUT2D eigenvalue weighted by Gasteiger charge is -2.15. The molecule has 2 aromatic heterocycles. The number of benzene rings is 1. The Labute approximate surface area is 166 Å². The highest BCUT2D eigenvalue weighted by Gasteiger charge is 2.19. The van der Waals surface area contributed by atoms with Crippen LogP contribution < -0.4 is 5.32 Å². The quantitative estimate of drug-likeness (QED) is 0.733. The number of amides is 1. The maximum absolute atomic E-state index is 12.7. The predicted octanol–water partition coefficient (Wildman–Crippen LogP) is 3.86. The Balaban J connectivity index is 1.80. The van der Waals surface area contributed by atoms with E-state index in [4.69, 9.17) is 0 Å². The van der Waals surface area contributed by atoms with Gasteiger partial charge in [-0.15, -0.1) is 0 Å². The molecule has 0 saturated heterocycles. The first-order valence-electron chi connectivity index (χ1n) is 9.55. The monoisotopic (exact) mass is 377 g/mol. The molecule has 0 aliphatic carbocycles. The average molecular weight is 377 g/mol. The van der Waals surface area contributed by atoms with E-state index >= 15 is 0 Å².